The molecule has 2 rings (SSSR count). The van der Waals surface area contributed by atoms with E-state index in [4.69, 9.17) is 17.3 Å². The van der Waals surface area contributed by atoms with E-state index in [-0.39, 0.29) is 11.2 Å². The summed E-state index contributed by atoms with van der Waals surface area (Å²) in [5.41, 5.74) is 5.60. The van der Waals surface area contributed by atoms with Gasteiger partial charge in [0, 0.05) is 23.8 Å². The van der Waals surface area contributed by atoms with Crippen LogP contribution in [-0.4, -0.2) is 15.7 Å². The zero-order valence-corrected chi connectivity index (χ0v) is 11.7. The molecule has 0 bridgehead atoms. The average molecular weight is 294 g/mol. The highest BCUT2D eigenvalue weighted by Crippen LogP contribution is 2.15. The molecule has 2 aromatic rings. The topological polar surface area (TPSA) is 70.0 Å². The number of hydrogen-bond donors (Lipinski definition) is 1. The van der Waals surface area contributed by atoms with E-state index in [9.17, 15) is 9.59 Å². The van der Waals surface area contributed by atoms with Crippen molar-refractivity contribution in [2.24, 2.45) is 5.73 Å². The normalized spacial score (nSPS) is 10.7. The summed E-state index contributed by atoms with van der Waals surface area (Å²) >= 11 is 6.08. The van der Waals surface area contributed by atoms with Crippen molar-refractivity contribution in [2.75, 3.05) is 6.54 Å². The van der Waals surface area contributed by atoms with Gasteiger partial charge in [0.15, 0.2) is 0 Å². The summed E-state index contributed by atoms with van der Waals surface area (Å²) in [7, 11) is 0. The molecule has 6 heteroatoms. The van der Waals surface area contributed by atoms with E-state index >= 15 is 0 Å². The molecule has 0 aliphatic rings. The Morgan fingerprint density at radius 2 is 1.90 bits per heavy atom. The molecule has 2 N–H and O–H groups in total. The zero-order valence-electron chi connectivity index (χ0n) is 11.0. The second-order valence-corrected chi connectivity index (χ2v) is 4.86. The van der Waals surface area contributed by atoms with E-state index in [1.807, 2.05) is 18.2 Å². The number of rotatable bonds is 5. The van der Waals surface area contributed by atoms with Crippen LogP contribution >= 0.6 is 11.6 Å². The molecule has 20 heavy (non-hydrogen) atoms. The minimum absolute atomic E-state index is 0.307. The second-order valence-electron chi connectivity index (χ2n) is 4.45. The van der Waals surface area contributed by atoms with E-state index in [2.05, 4.69) is 0 Å². The maximum absolute atomic E-state index is 12.3. The molecule has 0 fully saturated rings. The number of hydrogen-bond acceptors (Lipinski definition) is 3. The third-order valence-electron chi connectivity index (χ3n) is 3.02. The van der Waals surface area contributed by atoms with Crippen molar-refractivity contribution in [1.82, 2.24) is 9.13 Å². The van der Waals surface area contributed by atoms with Crippen LogP contribution < -0.4 is 17.0 Å². The van der Waals surface area contributed by atoms with E-state index in [0.717, 1.165) is 5.56 Å². The molecule has 1 aromatic carbocycles. The van der Waals surface area contributed by atoms with E-state index in [0.29, 0.717) is 31.1 Å². The Balaban J connectivity index is 2.36. The Hall–Kier alpha value is -1.85. The van der Waals surface area contributed by atoms with Gasteiger partial charge in [-0.05, 0) is 24.6 Å². The first-order valence-corrected chi connectivity index (χ1v) is 6.75. The van der Waals surface area contributed by atoms with Gasteiger partial charge in [-0.3, -0.25) is 13.9 Å². The van der Waals surface area contributed by atoms with Crippen LogP contribution in [0.1, 0.15) is 12.0 Å². The summed E-state index contributed by atoms with van der Waals surface area (Å²) in [4.78, 5) is 24.0. The summed E-state index contributed by atoms with van der Waals surface area (Å²) < 4.78 is 2.67. The molecule has 0 amide bonds. The largest absolute Gasteiger partial charge is 0.331 e. The first-order chi connectivity index (χ1) is 9.63. The lowest BCUT2D eigenvalue weighted by atomic mass is 10.2. The summed E-state index contributed by atoms with van der Waals surface area (Å²) in [5, 5.41) is 0.596. The molecule has 0 saturated heterocycles. The van der Waals surface area contributed by atoms with Gasteiger partial charge in [-0.2, -0.15) is 0 Å². The van der Waals surface area contributed by atoms with Gasteiger partial charge in [-0.25, -0.2) is 4.79 Å². The van der Waals surface area contributed by atoms with Crippen molar-refractivity contribution in [1.29, 1.82) is 0 Å². The molecule has 1 aromatic heterocycles. The van der Waals surface area contributed by atoms with Gasteiger partial charge in [0.25, 0.3) is 5.56 Å². The number of benzene rings is 1. The smallest absolute Gasteiger partial charge is 0.330 e. The van der Waals surface area contributed by atoms with Crippen LogP contribution in [0, 0.1) is 0 Å². The molecular formula is C14H16ClN3O2. The Labute approximate surface area is 121 Å². The fraction of sp³-hybridized carbons (Fsp3) is 0.286. The standard InChI is InChI=1S/C14H16ClN3O2/c15-12-5-2-1-4-11(12)10-17-9-6-13(19)18(14(17)20)8-3-7-16/h1-2,4-6,9H,3,7-8,10,16H2. The monoisotopic (exact) mass is 293 g/mol. The predicted molar refractivity (Wildman–Crippen MR) is 79.2 cm³/mol. The highest BCUT2D eigenvalue weighted by molar-refractivity contribution is 6.31. The van der Waals surface area contributed by atoms with Crippen molar-refractivity contribution >= 4 is 11.6 Å². The molecule has 106 valence electrons. The molecule has 0 unspecified atom stereocenters. The van der Waals surface area contributed by atoms with Gasteiger partial charge in [-0.15, -0.1) is 0 Å². The molecule has 0 radical (unpaired) electrons. The molecule has 0 aliphatic carbocycles. The van der Waals surface area contributed by atoms with Crippen molar-refractivity contribution in [2.45, 2.75) is 19.5 Å². The Morgan fingerprint density at radius 3 is 2.60 bits per heavy atom. The third-order valence-corrected chi connectivity index (χ3v) is 3.39. The minimum Gasteiger partial charge on any atom is -0.330 e. The maximum atomic E-state index is 12.3. The Kier molecular flexibility index (Phi) is 4.76. The van der Waals surface area contributed by atoms with Crippen molar-refractivity contribution in [3.8, 4) is 0 Å². The molecule has 0 atom stereocenters. The van der Waals surface area contributed by atoms with Crippen LogP contribution in [0.2, 0.25) is 5.02 Å². The van der Waals surface area contributed by atoms with Gasteiger partial charge in [0.05, 0.1) is 6.54 Å². The van der Waals surface area contributed by atoms with Gasteiger partial charge >= 0.3 is 5.69 Å². The summed E-state index contributed by atoms with van der Waals surface area (Å²) in [6, 6.07) is 8.69. The average Bonchev–Trinajstić information content (AvgIpc) is 2.44. The lowest BCUT2D eigenvalue weighted by Gasteiger charge is -2.10. The van der Waals surface area contributed by atoms with E-state index in [1.165, 1.54) is 21.4 Å². The third kappa shape index (κ3) is 3.18. The summed E-state index contributed by atoms with van der Waals surface area (Å²) in [6.07, 6.45) is 2.08. The molecular weight excluding hydrogens is 278 g/mol. The van der Waals surface area contributed by atoms with Gasteiger partial charge in [0.2, 0.25) is 0 Å². The lowest BCUT2D eigenvalue weighted by Crippen LogP contribution is -2.39. The van der Waals surface area contributed by atoms with Crippen LogP contribution in [0.15, 0.2) is 46.1 Å². The zero-order chi connectivity index (χ0) is 14.5. The Morgan fingerprint density at radius 1 is 1.15 bits per heavy atom. The molecule has 0 saturated carbocycles. The number of nitrogens with two attached hydrogens (primary N) is 1. The predicted octanol–water partition coefficient (Wildman–Crippen LogP) is 1.06. The van der Waals surface area contributed by atoms with Crippen LogP contribution in [-0.2, 0) is 13.1 Å². The molecule has 5 nitrogen and oxygen atoms in total. The molecule has 1 heterocycles. The molecule has 0 spiro atoms. The van der Waals surface area contributed by atoms with E-state index < -0.39 is 0 Å². The fourth-order valence-electron chi connectivity index (χ4n) is 1.94. The van der Waals surface area contributed by atoms with Gasteiger partial charge < -0.3 is 5.73 Å². The van der Waals surface area contributed by atoms with Crippen LogP contribution in [0.4, 0.5) is 0 Å². The molecule has 0 aliphatic heterocycles. The maximum Gasteiger partial charge on any atom is 0.331 e. The number of aromatic nitrogens is 2. The highest BCUT2D eigenvalue weighted by atomic mass is 35.5. The number of nitrogens with zero attached hydrogens (tertiary/aromatic N) is 2. The lowest BCUT2D eigenvalue weighted by molar-refractivity contribution is 0.554. The summed E-state index contributed by atoms with van der Waals surface area (Å²) in [6.45, 7) is 1.10. The van der Waals surface area contributed by atoms with Gasteiger partial charge in [0.1, 0.15) is 0 Å². The van der Waals surface area contributed by atoms with Crippen LogP contribution in [0.3, 0.4) is 0 Å². The minimum atomic E-state index is -0.342. The first-order valence-electron chi connectivity index (χ1n) is 6.37. The van der Waals surface area contributed by atoms with Crippen molar-refractivity contribution < 1.29 is 0 Å². The fourth-order valence-corrected chi connectivity index (χ4v) is 2.14. The van der Waals surface area contributed by atoms with Crippen molar-refractivity contribution in [3.63, 3.8) is 0 Å². The summed E-state index contributed by atoms with van der Waals surface area (Å²) in [5.74, 6) is 0. The first kappa shape index (κ1) is 14.6. The SMILES string of the molecule is NCCCn1c(=O)ccn(Cc2ccccc2Cl)c1=O. The Bertz CT molecular complexity index is 706. The quantitative estimate of drug-likeness (QED) is 0.896. The van der Waals surface area contributed by atoms with E-state index in [1.54, 1.807) is 6.07 Å². The second kappa shape index (κ2) is 6.54. The van der Waals surface area contributed by atoms with Crippen molar-refractivity contribution in [3.05, 3.63) is 68.0 Å². The van der Waals surface area contributed by atoms with Gasteiger partial charge in [-0.1, -0.05) is 29.8 Å². The number of halogens is 1. The van der Waals surface area contributed by atoms with Crippen LogP contribution in [0.25, 0.3) is 0 Å². The highest BCUT2D eigenvalue weighted by Gasteiger charge is 2.07. The van der Waals surface area contributed by atoms with Crippen LogP contribution in [0.5, 0.6) is 0 Å².